The van der Waals surface area contributed by atoms with Crippen molar-refractivity contribution in [1.82, 2.24) is 14.5 Å². The molecule has 2 N–H and O–H groups in total. The lowest BCUT2D eigenvalue weighted by molar-refractivity contribution is 0.810. The van der Waals surface area contributed by atoms with Crippen LogP contribution in [0.1, 0.15) is 19.2 Å². The zero-order chi connectivity index (χ0) is 13.2. The van der Waals surface area contributed by atoms with Crippen LogP contribution in [0.3, 0.4) is 0 Å². The Morgan fingerprint density at radius 2 is 2.05 bits per heavy atom. The average Bonchev–Trinajstić information content (AvgIpc) is 2.88. The molecule has 0 aliphatic rings. The van der Waals surface area contributed by atoms with Crippen molar-refractivity contribution < 1.29 is 0 Å². The smallest absolute Gasteiger partial charge is 0.113 e. The first-order valence-electron chi connectivity index (χ1n) is 6.47. The van der Waals surface area contributed by atoms with Crippen molar-refractivity contribution in [3.8, 4) is 5.69 Å². The van der Waals surface area contributed by atoms with Gasteiger partial charge in [-0.05, 0) is 30.7 Å². The number of nitrogen functional groups attached to an aromatic ring is 1. The van der Waals surface area contributed by atoms with Crippen molar-refractivity contribution in [3.63, 3.8) is 0 Å². The fourth-order valence-electron chi connectivity index (χ4n) is 2.34. The molecule has 0 aliphatic carbocycles. The van der Waals surface area contributed by atoms with E-state index in [-0.39, 0.29) is 0 Å². The number of rotatable bonds is 3. The molecule has 0 bridgehead atoms. The first-order chi connectivity index (χ1) is 9.31. The van der Waals surface area contributed by atoms with Gasteiger partial charge in [0.15, 0.2) is 0 Å². The zero-order valence-corrected chi connectivity index (χ0v) is 10.9. The molecule has 19 heavy (non-hydrogen) atoms. The van der Waals surface area contributed by atoms with E-state index in [2.05, 4.69) is 21.5 Å². The summed E-state index contributed by atoms with van der Waals surface area (Å²) in [7, 11) is 0. The molecule has 2 aromatic heterocycles. The minimum atomic E-state index is 0.751. The molecule has 0 fully saturated rings. The summed E-state index contributed by atoms with van der Waals surface area (Å²) >= 11 is 0. The lowest BCUT2D eigenvalue weighted by Gasteiger charge is -2.12. The Labute approximate surface area is 111 Å². The molecule has 4 nitrogen and oxygen atoms in total. The minimum absolute atomic E-state index is 0.751. The summed E-state index contributed by atoms with van der Waals surface area (Å²) in [5.41, 5.74) is 8.93. The van der Waals surface area contributed by atoms with E-state index in [0.717, 1.165) is 40.9 Å². The van der Waals surface area contributed by atoms with Gasteiger partial charge in [-0.3, -0.25) is 4.98 Å². The van der Waals surface area contributed by atoms with Gasteiger partial charge in [-0.2, -0.15) is 0 Å². The van der Waals surface area contributed by atoms with Crippen LogP contribution in [0.4, 0.5) is 5.69 Å². The van der Waals surface area contributed by atoms with Crippen molar-refractivity contribution in [2.24, 2.45) is 0 Å². The molecule has 0 saturated heterocycles. The van der Waals surface area contributed by atoms with Crippen molar-refractivity contribution >= 4 is 16.6 Å². The van der Waals surface area contributed by atoms with E-state index >= 15 is 0 Å². The van der Waals surface area contributed by atoms with Gasteiger partial charge in [0.05, 0.1) is 16.9 Å². The summed E-state index contributed by atoms with van der Waals surface area (Å²) in [6.45, 7) is 2.15. The van der Waals surface area contributed by atoms with Crippen molar-refractivity contribution in [3.05, 3.63) is 48.7 Å². The lowest BCUT2D eigenvalue weighted by Crippen LogP contribution is -2.04. The van der Waals surface area contributed by atoms with Crippen molar-refractivity contribution in [2.75, 3.05) is 5.73 Å². The van der Waals surface area contributed by atoms with Crippen LogP contribution in [0.25, 0.3) is 16.6 Å². The molecular weight excluding hydrogens is 236 g/mol. The van der Waals surface area contributed by atoms with Gasteiger partial charge >= 0.3 is 0 Å². The molecule has 4 heteroatoms. The van der Waals surface area contributed by atoms with Gasteiger partial charge in [0.25, 0.3) is 0 Å². The van der Waals surface area contributed by atoms with Crippen molar-refractivity contribution in [2.45, 2.75) is 19.8 Å². The van der Waals surface area contributed by atoms with Gasteiger partial charge in [-0.1, -0.05) is 6.92 Å². The standard InChI is InChI=1S/C15H16N4/c1-2-4-14-18-9-10-19(14)13-7-6-12-11(15(13)16)5-3-8-17-12/h3,5-10H,2,4,16H2,1H3. The van der Waals surface area contributed by atoms with E-state index in [4.69, 9.17) is 5.73 Å². The number of benzene rings is 1. The summed E-state index contributed by atoms with van der Waals surface area (Å²) in [6, 6.07) is 7.91. The van der Waals surface area contributed by atoms with E-state index in [1.54, 1.807) is 6.20 Å². The van der Waals surface area contributed by atoms with Crippen LogP contribution in [0.5, 0.6) is 0 Å². The van der Waals surface area contributed by atoms with Crippen LogP contribution in [0.15, 0.2) is 42.9 Å². The quantitative estimate of drug-likeness (QED) is 0.729. The number of nitrogens with two attached hydrogens (primary N) is 1. The van der Waals surface area contributed by atoms with E-state index < -0.39 is 0 Å². The Kier molecular flexibility index (Phi) is 2.91. The first-order valence-corrected chi connectivity index (χ1v) is 6.47. The topological polar surface area (TPSA) is 56.7 Å². The highest BCUT2D eigenvalue weighted by molar-refractivity contribution is 5.94. The second-order valence-corrected chi connectivity index (χ2v) is 4.53. The third kappa shape index (κ3) is 1.95. The molecule has 0 atom stereocenters. The summed E-state index contributed by atoms with van der Waals surface area (Å²) < 4.78 is 2.06. The van der Waals surface area contributed by atoms with E-state index in [1.807, 2.05) is 36.7 Å². The normalized spacial score (nSPS) is 11.0. The maximum Gasteiger partial charge on any atom is 0.113 e. The number of hydrogen-bond donors (Lipinski definition) is 1. The maximum atomic E-state index is 6.29. The Morgan fingerprint density at radius 3 is 2.89 bits per heavy atom. The van der Waals surface area contributed by atoms with Gasteiger partial charge in [0.1, 0.15) is 5.82 Å². The molecule has 3 aromatic rings. The van der Waals surface area contributed by atoms with E-state index in [0.29, 0.717) is 0 Å². The first kappa shape index (κ1) is 11.7. The van der Waals surface area contributed by atoms with Gasteiger partial charge in [-0.15, -0.1) is 0 Å². The Morgan fingerprint density at radius 1 is 1.16 bits per heavy atom. The molecule has 0 radical (unpaired) electrons. The van der Waals surface area contributed by atoms with E-state index in [9.17, 15) is 0 Å². The number of aromatic nitrogens is 3. The largest absolute Gasteiger partial charge is 0.396 e. The average molecular weight is 252 g/mol. The second kappa shape index (κ2) is 4.72. The number of fused-ring (bicyclic) bond motifs is 1. The van der Waals surface area contributed by atoms with Gasteiger partial charge in [0, 0.05) is 30.4 Å². The number of nitrogens with zero attached hydrogens (tertiary/aromatic N) is 3. The maximum absolute atomic E-state index is 6.29. The number of anilines is 1. The Bertz CT molecular complexity index is 715. The molecule has 96 valence electrons. The summed E-state index contributed by atoms with van der Waals surface area (Å²) in [5, 5.41) is 0.983. The van der Waals surface area contributed by atoms with Crippen LogP contribution in [-0.2, 0) is 6.42 Å². The summed E-state index contributed by atoms with van der Waals surface area (Å²) in [4.78, 5) is 8.71. The molecule has 0 spiro atoms. The molecule has 0 unspecified atom stereocenters. The fourth-order valence-corrected chi connectivity index (χ4v) is 2.34. The minimum Gasteiger partial charge on any atom is -0.396 e. The summed E-state index contributed by atoms with van der Waals surface area (Å²) in [5.74, 6) is 1.04. The molecular formula is C15H16N4. The van der Waals surface area contributed by atoms with Gasteiger partial charge < -0.3 is 10.3 Å². The molecule has 1 aromatic carbocycles. The van der Waals surface area contributed by atoms with Gasteiger partial charge in [-0.25, -0.2) is 4.98 Å². The van der Waals surface area contributed by atoms with E-state index in [1.165, 1.54) is 0 Å². The zero-order valence-electron chi connectivity index (χ0n) is 10.9. The van der Waals surface area contributed by atoms with Crippen LogP contribution < -0.4 is 5.73 Å². The Balaban J connectivity index is 2.20. The number of hydrogen-bond acceptors (Lipinski definition) is 3. The monoisotopic (exact) mass is 252 g/mol. The van der Waals surface area contributed by atoms with Crippen LogP contribution in [0, 0.1) is 0 Å². The number of pyridine rings is 1. The Hall–Kier alpha value is -2.36. The fraction of sp³-hybridized carbons (Fsp3) is 0.200. The number of aryl methyl sites for hydroxylation is 1. The van der Waals surface area contributed by atoms with Crippen molar-refractivity contribution in [1.29, 1.82) is 0 Å². The molecule has 3 rings (SSSR count). The third-order valence-electron chi connectivity index (χ3n) is 3.25. The highest BCUT2D eigenvalue weighted by Crippen LogP contribution is 2.27. The third-order valence-corrected chi connectivity index (χ3v) is 3.25. The summed E-state index contributed by atoms with van der Waals surface area (Å²) in [6.07, 6.45) is 7.56. The highest BCUT2D eigenvalue weighted by atomic mass is 15.1. The lowest BCUT2D eigenvalue weighted by atomic mass is 10.1. The number of imidazole rings is 1. The second-order valence-electron chi connectivity index (χ2n) is 4.53. The molecule has 0 saturated carbocycles. The van der Waals surface area contributed by atoms with Crippen LogP contribution >= 0.6 is 0 Å². The van der Waals surface area contributed by atoms with Crippen LogP contribution in [-0.4, -0.2) is 14.5 Å². The van der Waals surface area contributed by atoms with Crippen LogP contribution in [0.2, 0.25) is 0 Å². The molecule has 0 aliphatic heterocycles. The molecule has 0 amide bonds. The predicted molar refractivity (Wildman–Crippen MR) is 77.3 cm³/mol. The SMILES string of the molecule is CCCc1nccn1-c1ccc2ncccc2c1N. The predicted octanol–water partition coefficient (Wildman–Crippen LogP) is 2.96. The van der Waals surface area contributed by atoms with Gasteiger partial charge in [0.2, 0.25) is 0 Å². The highest BCUT2D eigenvalue weighted by Gasteiger charge is 2.10. The molecule has 2 heterocycles.